The number of rotatable bonds is 4. The number of anilines is 1. The number of hydrogen-bond acceptors (Lipinski definition) is 6. The van der Waals surface area contributed by atoms with E-state index in [9.17, 15) is 9.59 Å². The van der Waals surface area contributed by atoms with E-state index >= 15 is 0 Å². The van der Waals surface area contributed by atoms with Crippen LogP contribution in [0.25, 0.3) is 0 Å². The summed E-state index contributed by atoms with van der Waals surface area (Å²) in [4.78, 5) is 28.6. The first-order chi connectivity index (χ1) is 9.57. The van der Waals surface area contributed by atoms with Crippen molar-refractivity contribution in [1.82, 2.24) is 4.98 Å². The van der Waals surface area contributed by atoms with Crippen molar-refractivity contribution in [2.75, 3.05) is 12.4 Å². The first-order valence-electron chi connectivity index (χ1n) is 6.74. The highest BCUT2D eigenvalue weighted by atomic mass is 35.5. The van der Waals surface area contributed by atoms with Crippen LogP contribution >= 0.6 is 23.7 Å². The monoisotopic (exact) mass is 349 g/mol. The molecule has 0 spiro atoms. The number of carbonyl (C=O) groups excluding carboxylic acids is 2. The summed E-state index contributed by atoms with van der Waals surface area (Å²) < 4.78 is 4.77. The van der Waals surface area contributed by atoms with E-state index in [4.69, 9.17) is 10.5 Å². The Morgan fingerprint density at radius 3 is 2.27 bits per heavy atom. The molecule has 0 unspecified atom stereocenters. The average Bonchev–Trinajstić information content (AvgIpc) is 2.80. The molecule has 0 aromatic carbocycles. The third kappa shape index (κ3) is 4.93. The highest BCUT2D eigenvalue weighted by Gasteiger charge is 2.29. The summed E-state index contributed by atoms with van der Waals surface area (Å²) in [5.41, 5.74) is 6.07. The van der Waals surface area contributed by atoms with Gasteiger partial charge < -0.3 is 15.8 Å². The van der Waals surface area contributed by atoms with Gasteiger partial charge in [0.25, 0.3) is 0 Å². The highest BCUT2D eigenvalue weighted by Crippen LogP contribution is 2.32. The number of halogens is 1. The van der Waals surface area contributed by atoms with Crippen LogP contribution in [-0.2, 0) is 14.9 Å². The van der Waals surface area contributed by atoms with Crippen molar-refractivity contribution in [3.8, 4) is 0 Å². The van der Waals surface area contributed by atoms with E-state index in [0.29, 0.717) is 15.7 Å². The number of ether oxygens (including phenoxy) is 1. The number of nitrogens with two attached hydrogens (primary N) is 1. The molecule has 1 aromatic heterocycles. The van der Waals surface area contributed by atoms with E-state index in [1.165, 1.54) is 7.11 Å². The first kappa shape index (κ1) is 20.8. The molecule has 8 heteroatoms. The van der Waals surface area contributed by atoms with Gasteiger partial charge in [-0.25, -0.2) is 9.78 Å². The molecule has 1 rings (SSSR count). The van der Waals surface area contributed by atoms with Crippen LogP contribution < -0.4 is 11.1 Å². The van der Waals surface area contributed by atoms with Crippen molar-refractivity contribution >= 4 is 40.8 Å². The molecule has 0 fully saturated rings. The van der Waals surface area contributed by atoms with E-state index in [-0.39, 0.29) is 29.6 Å². The van der Waals surface area contributed by atoms with Crippen LogP contribution in [-0.4, -0.2) is 30.0 Å². The molecule has 0 aliphatic carbocycles. The summed E-state index contributed by atoms with van der Waals surface area (Å²) in [6.45, 7) is 9.57. The standard InChI is InChI=1S/C14H23N3O3S.ClH/c1-7(2)8(15)11(18)17-13-16-10(14(3,4)5)9(21-13)12(19)20-6;/h7-8H,15H2,1-6H3,(H,16,17,18);1H/t8-;/m0./s1. The summed E-state index contributed by atoms with van der Waals surface area (Å²) >= 11 is 1.10. The molecular weight excluding hydrogens is 326 g/mol. The highest BCUT2D eigenvalue weighted by molar-refractivity contribution is 7.17. The smallest absolute Gasteiger partial charge is 0.350 e. The van der Waals surface area contributed by atoms with Crippen LogP contribution in [0.15, 0.2) is 0 Å². The molecule has 126 valence electrons. The fourth-order valence-electron chi connectivity index (χ4n) is 1.60. The lowest BCUT2D eigenvalue weighted by Gasteiger charge is -2.16. The molecule has 0 aliphatic heterocycles. The maximum Gasteiger partial charge on any atom is 0.350 e. The summed E-state index contributed by atoms with van der Waals surface area (Å²) in [6.07, 6.45) is 0. The molecule has 0 saturated carbocycles. The fourth-order valence-corrected chi connectivity index (χ4v) is 2.70. The van der Waals surface area contributed by atoms with E-state index in [1.807, 2.05) is 34.6 Å². The van der Waals surface area contributed by atoms with Crippen LogP contribution in [0.1, 0.15) is 50.0 Å². The van der Waals surface area contributed by atoms with Gasteiger partial charge in [-0.1, -0.05) is 46.0 Å². The Morgan fingerprint density at radius 1 is 1.32 bits per heavy atom. The first-order valence-corrected chi connectivity index (χ1v) is 7.55. The number of aromatic nitrogens is 1. The van der Waals surface area contributed by atoms with Crippen LogP contribution in [0, 0.1) is 5.92 Å². The molecule has 22 heavy (non-hydrogen) atoms. The normalized spacial score (nSPS) is 12.5. The van der Waals surface area contributed by atoms with E-state index < -0.39 is 12.0 Å². The van der Waals surface area contributed by atoms with Crippen molar-refractivity contribution in [2.45, 2.75) is 46.1 Å². The zero-order valence-corrected chi connectivity index (χ0v) is 15.4. The molecule has 0 bridgehead atoms. The van der Waals surface area contributed by atoms with E-state index in [1.54, 1.807) is 0 Å². The van der Waals surface area contributed by atoms with Crippen molar-refractivity contribution < 1.29 is 14.3 Å². The Bertz CT molecular complexity index is 538. The zero-order valence-electron chi connectivity index (χ0n) is 13.7. The molecule has 1 heterocycles. The van der Waals surface area contributed by atoms with Gasteiger partial charge in [0.05, 0.1) is 18.8 Å². The minimum Gasteiger partial charge on any atom is -0.465 e. The number of nitrogens with one attached hydrogen (secondary N) is 1. The molecule has 1 aromatic rings. The molecule has 3 N–H and O–H groups in total. The third-order valence-electron chi connectivity index (χ3n) is 2.96. The summed E-state index contributed by atoms with van der Waals surface area (Å²) in [7, 11) is 1.32. The number of esters is 1. The second kappa shape index (κ2) is 7.89. The zero-order chi connectivity index (χ0) is 16.4. The number of carbonyl (C=O) groups is 2. The van der Waals surface area contributed by atoms with Gasteiger partial charge in [0, 0.05) is 5.41 Å². The second-order valence-corrected chi connectivity index (χ2v) is 7.20. The molecule has 1 atom stereocenters. The summed E-state index contributed by atoms with van der Waals surface area (Å²) in [5.74, 6) is -0.742. The number of nitrogens with zero attached hydrogens (tertiary/aromatic N) is 1. The van der Waals surface area contributed by atoms with Crippen molar-refractivity contribution in [2.24, 2.45) is 11.7 Å². The minimum absolute atomic E-state index is 0. The van der Waals surface area contributed by atoms with Crippen LogP contribution in [0.5, 0.6) is 0 Å². The fraction of sp³-hybridized carbons (Fsp3) is 0.643. The summed E-state index contributed by atoms with van der Waals surface area (Å²) in [5, 5.41) is 3.03. The number of thiazole rings is 1. The van der Waals surface area contributed by atoms with Gasteiger partial charge in [-0.2, -0.15) is 0 Å². The Labute approximate surface area is 141 Å². The van der Waals surface area contributed by atoms with E-state index in [0.717, 1.165) is 11.3 Å². The molecule has 0 radical (unpaired) electrons. The van der Waals surface area contributed by atoms with Crippen molar-refractivity contribution in [1.29, 1.82) is 0 Å². The predicted octanol–water partition coefficient (Wildman–Crippen LogP) is 2.57. The molecule has 1 amide bonds. The molecule has 0 saturated heterocycles. The van der Waals surface area contributed by atoms with Crippen LogP contribution in [0.4, 0.5) is 5.13 Å². The lowest BCUT2D eigenvalue weighted by atomic mass is 9.91. The number of methoxy groups -OCH3 is 1. The lowest BCUT2D eigenvalue weighted by molar-refractivity contribution is -0.118. The lowest BCUT2D eigenvalue weighted by Crippen LogP contribution is -2.39. The minimum atomic E-state index is -0.617. The molecule has 0 aliphatic rings. The van der Waals surface area contributed by atoms with Gasteiger partial charge in [0.2, 0.25) is 5.91 Å². The Morgan fingerprint density at radius 2 is 1.86 bits per heavy atom. The van der Waals surface area contributed by atoms with Gasteiger partial charge in [-0.05, 0) is 5.92 Å². The second-order valence-electron chi connectivity index (χ2n) is 6.20. The Kier molecular flexibility index (Phi) is 7.47. The van der Waals surface area contributed by atoms with Crippen LogP contribution in [0.3, 0.4) is 0 Å². The number of amides is 1. The summed E-state index contributed by atoms with van der Waals surface area (Å²) in [6, 6.07) is -0.617. The van der Waals surface area contributed by atoms with Crippen LogP contribution in [0.2, 0.25) is 0 Å². The maximum atomic E-state index is 12.0. The third-order valence-corrected chi connectivity index (χ3v) is 3.91. The van der Waals surface area contributed by atoms with Gasteiger partial charge >= 0.3 is 5.97 Å². The maximum absolute atomic E-state index is 12.0. The largest absolute Gasteiger partial charge is 0.465 e. The molecular formula is C14H24ClN3O3S. The van der Waals surface area contributed by atoms with E-state index in [2.05, 4.69) is 10.3 Å². The topological polar surface area (TPSA) is 94.3 Å². The van der Waals surface area contributed by atoms with Gasteiger partial charge in [-0.3, -0.25) is 4.79 Å². The quantitative estimate of drug-likeness (QED) is 0.814. The van der Waals surface area contributed by atoms with Crippen molar-refractivity contribution in [3.63, 3.8) is 0 Å². The van der Waals surface area contributed by atoms with Gasteiger partial charge in [0.15, 0.2) is 5.13 Å². The van der Waals surface area contributed by atoms with Gasteiger partial charge in [-0.15, -0.1) is 12.4 Å². The number of hydrogen-bond donors (Lipinski definition) is 2. The Hall–Kier alpha value is -1.18. The average molecular weight is 350 g/mol. The predicted molar refractivity (Wildman–Crippen MR) is 90.8 cm³/mol. The van der Waals surface area contributed by atoms with Crippen molar-refractivity contribution in [3.05, 3.63) is 10.6 Å². The SMILES string of the molecule is COC(=O)c1sc(NC(=O)[C@@H](N)C(C)C)nc1C(C)(C)C.Cl. The van der Waals surface area contributed by atoms with Gasteiger partial charge in [0.1, 0.15) is 4.88 Å². The Balaban J connectivity index is 0.00000441. The molecule has 6 nitrogen and oxygen atoms in total.